The Balaban J connectivity index is 1.31. The van der Waals surface area contributed by atoms with Crippen molar-refractivity contribution in [2.24, 2.45) is 5.92 Å². The highest BCUT2D eigenvalue weighted by atomic mass is 16.3. The molecule has 0 spiro atoms. The molecule has 0 saturated carbocycles. The van der Waals surface area contributed by atoms with Gasteiger partial charge in [0.1, 0.15) is 5.76 Å². The van der Waals surface area contributed by atoms with Gasteiger partial charge in [0.25, 0.3) is 0 Å². The molecule has 4 heteroatoms. The summed E-state index contributed by atoms with van der Waals surface area (Å²) >= 11 is 0. The lowest BCUT2D eigenvalue weighted by molar-refractivity contribution is -0.121. The van der Waals surface area contributed by atoms with Gasteiger partial charge in [0.2, 0.25) is 5.91 Å². The summed E-state index contributed by atoms with van der Waals surface area (Å²) in [5, 5.41) is 3.11. The lowest BCUT2D eigenvalue weighted by Gasteiger charge is -2.31. The molecule has 1 saturated heterocycles. The van der Waals surface area contributed by atoms with Crippen LogP contribution in [0, 0.1) is 5.92 Å². The SMILES string of the molecule is O=C(CCc1ccccc1)NCC1CCN(Cc2ccco2)CC1. The first-order valence-electron chi connectivity index (χ1n) is 8.85. The van der Waals surface area contributed by atoms with E-state index in [1.165, 1.54) is 5.56 Å². The van der Waals surface area contributed by atoms with E-state index in [9.17, 15) is 4.79 Å². The number of piperidine rings is 1. The topological polar surface area (TPSA) is 45.5 Å². The summed E-state index contributed by atoms with van der Waals surface area (Å²) in [4.78, 5) is 14.4. The Kier molecular flexibility index (Phi) is 6.07. The normalized spacial score (nSPS) is 16.2. The summed E-state index contributed by atoms with van der Waals surface area (Å²) in [7, 11) is 0. The van der Waals surface area contributed by atoms with Crippen molar-refractivity contribution in [3.63, 3.8) is 0 Å². The van der Waals surface area contributed by atoms with Crippen LogP contribution in [0.3, 0.4) is 0 Å². The molecule has 1 aliphatic heterocycles. The quantitative estimate of drug-likeness (QED) is 0.849. The summed E-state index contributed by atoms with van der Waals surface area (Å²) in [6.45, 7) is 3.85. The Bertz CT molecular complexity index is 602. The molecule has 1 amide bonds. The monoisotopic (exact) mass is 326 g/mol. The maximum Gasteiger partial charge on any atom is 0.220 e. The third-order valence-electron chi connectivity index (χ3n) is 4.74. The predicted octanol–water partition coefficient (Wildman–Crippen LogP) is 3.24. The number of likely N-dealkylation sites (tertiary alicyclic amines) is 1. The van der Waals surface area contributed by atoms with Crippen LogP contribution in [-0.4, -0.2) is 30.4 Å². The van der Waals surface area contributed by atoms with Crippen molar-refractivity contribution in [2.45, 2.75) is 32.2 Å². The highest BCUT2D eigenvalue weighted by Gasteiger charge is 2.20. The highest BCUT2D eigenvalue weighted by molar-refractivity contribution is 5.76. The number of hydrogen-bond acceptors (Lipinski definition) is 3. The minimum atomic E-state index is 0.164. The number of benzene rings is 1. The van der Waals surface area contributed by atoms with E-state index in [2.05, 4.69) is 22.3 Å². The van der Waals surface area contributed by atoms with E-state index >= 15 is 0 Å². The van der Waals surface area contributed by atoms with Gasteiger partial charge in [-0.25, -0.2) is 0 Å². The zero-order valence-corrected chi connectivity index (χ0v) is 14.1. The third kappa shape index (κ3) is 5.24. The number of rotatable bonds is 7. The van der Waals surface area contributed by atoms with Gasteiger partial charge < -0.3 is 9.73 Å². The van der Waals surface area contributed by atoms with E-state index in [1.807, 2.05) is 30.3 Å². The first kappa shape index (κ1) is 16.8. The van der Waals surface area contributed by atoms with E-state index in [0.29, 0.717) is 12.3 Å². The number of furan rings is 1. The first-order valence-corrected chi connectivity index (χ1v) is 8.85. The molecule has 1 aromatic heterocycles. The Morgan fingerprint density at radius 1 is 1.12 bits per heavy atom. The van der Waals surface area contributed by atoms with Gasteiger partial charge in [-0.05, 0) is 56.0 Å². The number of carbonyl (C=O) groups is 1. The van der Waals surface area contributed by atoms with Crippen LogP contribution in [0.15, 0.2) is 53.1 Å². The number of nitrogens with zero attached hydrogens (tertiary/aromatic N) is 1. The number of carbonyl (C=O) groups excluding carboxylic acids is 1. The van der Waals surface area contributed by atoms with Crippen molar-refractivity contribution >= 4 is 5.91 Å². The van der Waals surface area contributed by atoms with Gasteiger partial charge in [-0.3, -0.25) is 9.69 Å². The molecule has 0 aliphatic carbocycles. The predicted molar refractivity (Wildman–Crippen MR) is 94.5 cm³/mol. The van der Waals surface area contributed by atoms with E-state index < -0.39 is 0 Å². The second kappa shape index (κ2) is 8.69. The Labute approximate surface area is 143 Å². The molecule has 0 atom stereocenters. The van der Waals surface area contributed by atoms with E-state index in [0.717, 1.165) is 51.2 Å². The number of aryl methyl sites for hydroxylation is 1. The molecule has 2 heterocycles. The fraction of sp³-hybridized carbons (Fsp3) is 0.450. The molecular formula is C20H26N2O2. The molecule has 4 nitrogen and oxygen atoms in total. The highest BCUT2D eigenvalue weighted by Crippen LogP contribution is 2.18. The van der Waals surface area contributed by atoms with Crippen LogP contribution in [0.1, 0.15) is 30.6 Å². The van der Waals surface area contributed by atoms with Gasteiger partial charge in [0.15, 0.2) is 0 Å². The largest absolute Gasteiger partial charge is 0.468 e. The van der Waals surface area contributed by atoms with Crippen molar-refractivity contribution in [1.29, 1.82) is 0 Å². The van der Waals surface area contributed by atoms with Crippen molar-refractivity contribution < 1.29 is 9.21 Å². The average Bonchev–Trinajstić information content (AvgIpc) is 3.13. The van der Waals surface area contributed by atoms with Crippen molar-refractivity contribution in [3.05, 3.63) is 60.1 Å². The van der Waals surface area contributed by atoms with Gasteiger partial charge in [-0.15, -0.1) is 0 Å². The molecule has 1 fully saturated rings. The van der Waals surface area contributed by atoms with Crippen LogP contribution in [0.2, 0.25) is 0 Å². The van der Waals surface area contributed by atoms with Crippen molar-refractivity contribution in [3.8, 4) is 0 Å². The zero-order chi connectivity index (χ0) is 16.6. The first-order chi connectivity index (χ1) is 11.8. The lowest BCUT2D eigenvalue weighted by atomic mass is 9.96. The molecule has 128 valence electrons. The molecular weight excluding hydrogens is 300 g/mol. The average molecular weight is 326 g/mol. The molecule has 3 rings (SSSR count). The summed E-state index contributed by atoms with van der Waals surface area (Å²) in [5.41, 5.74) is 1.22. The molecule has 2 aromatic rings. The van der Waals surface area contributed by atoms with Gasteiger partial charge in [0, 0.05) is 13.0 Å². The van der Waals surface area contributed by atoms with Gasteiger partial charge >= 0.3 is 0 Å². The third-order valence-corrected chi connectivity index (χ3v) is 4.74. The minimum absolute atomic E-state index is 0.164. The fourth-order valence-electron chi connectivity index (χ4n) is 3.22. The van der Waals surface area contributed by atoms with Crippen LogP contribution in [0.5, 0.6) is 0 Å². The standard InChI is InChI=1S/C20H26N2O2/c23-20(9-8-17-5-2-1-3-6-17)21-15-18-10-12-22(13-11-18)16-19-7-4-14-24-19/h1-7,14,18H,8-13,15-16H2,(H,21,23). The summed E-state index contributed by atoms with van der Waals surface area (Å²) in [5.74, 6) is 1.79. The Morgan fingerprint density at radius 3 is 2.62 bits per heavy atom. The number of amides is 1. The number of hydrogen-bond donors (Lipinski definition) is 1. The lowest BCUT2D eigenvalue weighted by Crippen LogP contribution is -2.38. The van der Waals surface area contributed by atoms with Gasteiger partial charge in [-0.2, -0.15) is 0 Å². The molecule has 0 bridgehead atoms. The molecule has 1 N–H and O–H groups in total. The minimum Gasteiger partial charge on any atom is -0.468 e. The van der Waals surface area contributed by atoms with E-state index in [4.69, 9.17) is 4.42 Å². The van der Waals surface area contributed by atoms with Crippen LogP contribution in [0.4, 0.5) is 0 Å². The van der Waals surface area contributed by atoms with E-state index in [-0.39, 0.29) is 5.91 Å². The van der Waals surface area contributed by atoms with Crippen LogP contribution >= 0.6 is 0 Å². The van der Waals surface area contributed by atoms with Crippen LogP contribution < -0.4 is 5.32 Å². The Morgan fingerprint density at radius 2 is 1.92 bits per heavy atom. The summed E-state index contributed by atoms with van der Waals surface area (Å²) < 4.78 is 5.41. The maximum absolute atomic E-state index is 12.0. The molecule has 0 unspecified atom stereocenters. The summed E-state index contributed by atoms with van der Waals surface area (Å²) in [6, 6.07) is 14.1. The van der Waals surface area contributed by atoms with Crippen molar-refractivity contribution in [1.82, 2.24) is 10.2 Å². The summed E-state index contributed by atoms with van der Waals surface area (Å²) in [6.07, 6.45) is 5.39. The van der Waals surface area contributed by atoms with Crippen molar-refractivity contribution in [2.75, 3.05) is 19.6 Å². The van der Waals surface area contributed by atoms with E-state index in [1.54, 1.807) is 6.26 Å². The van der Waals surface area contributed by atoms with Gasteiger partial charge in [0.05, 0.1) is 12.8 Å². The second-order valence-corrected chi connectivity index (χ2v) is 6.59. The second-order valence-electron chi connectivity index (χ2n) is 6.59. The fourth-order valence-corrected chi connectivity index (χ4v) is 3.22. The van der Waals surface area contributed by atoms with Crippen LogP contribution in [0.25, 0.3) is 0 Å². The van der Waals surface area contributed by atoms with Crippen LogP contribution in [-0.2, 0) is 17.8 Å². The Hall–Kier alpha value is -2.07. The smallest absolute Gasteiger partial charge is 0.220 e. The maximum atomic E-state index is 12.0. The zero-order valence-electron chi connectivity index (χ0n) is 14.1. The molecule has 1 aliphatic rings. The van der Waals surface area contributed by atoms with Gasteiger partial charge in [-0.1, -0.05) is 30.3 Å². The molecule has 24 heavy (non-hydrogen) atoms. The number of nitrogens with one attached hydrogen (secondary N) is 1. The molecule has 0 radical (unpaired) electrons. The molecule has 1 aromatic carbocycles.